The fourth-order valence-corrected chi connectivity index (χ4v) is 3.33. The number of carboxylic acid groups (broad SMARTS) is 1. The van der Waals surface area contributed by atoms with Gasteiger partial charge in [-0.05, 0) is 47.3 Å². The first-order valence-corrected chi connectivity index (χ1v) is 7.75. The van der Waals surface area contributed by atoms with Crippen LogP contribution >= 0.6 is 31.9 Å². The van der Waals surface area contributed by atoms with Gasteiger partial charge in [-0.1, -0.05) is 15.9 Å². The van der Waals surface area contributed by atoms with Crippen molar-refractivity contribution in [2.45, 2.75) is 25.3 Å². The van der Waals surface area contributed by atoms with E-state index < -0.39 is 5.97 Å². The summed E-state index contributed by atoms with van der Waals surface area (Å²) in [6, 6.07) is 3.12. The number of nitrogens with zero attached hydrogens (tertiary/aromatic N) is 1. The molecule has 1 aromatic rings. The summed E-state index contributed by atoms with van der Waals surface area (Å²) in [6.07, 6.45) is 3.12. The quantitative estimate of drug-likeness (QED) is 0.800. The van der Waals surface area contributed by atoms with E-state index in [0.717, 1.165) is 19.3 Å². The number of anilines is 1. The highest BCUT2D eigenvalue weighted by atomic mass is 79.9. The molecule has 1 fully saturated rings. The van der Waals surface area contributed by atoms with Gasteiger partial charge >= 0.3 is 12.0 Å². The molecule has 2 amide bonds. The molecule has 0 aromatic heterocycles. The molecule has 5 nitrogen and oxygen atoms in total. The topological polar surface area (TPSA) is 69.6 Å². The highest BCUT2D eigenvalue weighted by Gasteiger charge is 2.27. The number of benzene rings is 1. The summed E-state index contributed by atoms with van der Waals surface area (Å²) in [6.45, 7) is 0. The summed E-state index contributed by atoms with van der Waals surface area (Å²) >= 11 is 6.52. The molecule has 0 heterocycles. The maximum absolute atomic E-state index is 12.1. The molecule has 2 N–H and O–H groups in total. The Bertz CT molecular complexity index is 559. The largest absolute Gasteiger partial charge is 0.478 e. The third-order valence-corrected chi connectivity index (χ3v) is 4.54. The standard InChI is InChI=1S/C13H14Br2N2O3/c1-17(8-3-2-4-8)13(20)16-11-9(12(18)19)5-7(14)6-10(11)15/h5-6,8H,2-4H2,1H3,(H,16,20)(H,18,19). The Morgan fingerprint density at radius 1 is 1.35 bits per heavy atom. The fourth-order valence-electron chi connectivity index (χ4n) is 2.00. The molecule has 1 aromatic carbocycles. The lowest BCUT2D eigenvalue weighted by atomic mass is 9.92. The van der Waals surface area contributed by atoms with Crippen LogP contribution in [0.3, 0.4) is 0 Å². The van der Waals surface area contributed by atoms with Gasteiger partial charge in [-0.15, -0.1) is 0 Å². The highest BCUT2D eigenvalue weighted by molar-refractivity contribution is 9.11. The number of nitrogens with one attached hydrogen (secondary N) is 1. The van der Waals surface area contributed by atoms with E-state index in [-0.39, 0.29) is 23.3 Å². The molecule has 0 unspecified atom stereocenters. The van der Waals surface area contributed by atoms with Gasteiger partial charge in [0.2, 0.25) is 0 Å². The van der Waals surface area contributed by atoms with Gasteiger partial charge in [0, 0.05) is 22.0 Å². The first kappa shape index (κ1) is 15.3. The van der Waals surface area contributed by atoms with Crippen LogP contribution in [0, 0.1) is 0 Å². The van der Waals surface area contributed by atoms with Crippen LogP contribution in [0.5, 0.6) is 0 Å². The molecule has 20 heavy (non-hydrogen) atoms. The van der Waals surface area contributed by atoms with Gasteiger partial charge in [-0.25, -0.2) is 9.59 Å². The Balaban J connectivity index is 2.23. The Labute approximate surface area is 133 Å². The van der Waals surface area contributed by atoms with Crippen molar-refractivity contribution in [1.82, 2.24) is 4.90 Å². The predicted octanol–water partition coefficient (Wildman–Crippen LogP) is 3.93. The molecule has 0 saturated heterocycles. The zero-order chi connectivity index (χ0) is 14.9. The average Bonchev–Trinajstić information content (AvgIpc) is 2.29. The fraction of sp³-hybridized carbons (Fsp3) is 0.385. The maximum atomic E-state index is 12.1. The molecule has 1 saturated carbocycles. The number of hydrogen-bond donors (Lipinski definition) is 2. The number of carbonyl (C=O) groups is 2. The van der Waals surface area contributed by atoms with Gasteiger partial charge in [0.25, 0.3) is 0 Å². The van der Waals surface area contributed by atoms with Crippen LogP contribution in [0.2, 0.25) is 0 Å². The van der Waals surface area contributed by atoms with E-state index in [4.69, 9.17) is 0 Å². The van der Waals surface area contributed by atoms with Crippen LogP contribution in [-0.4, -0.2) is 35.1 Å². The lowest BCUT2D eigenvalue weighted by molar-refractivity contribution is 0.0698. The second kappa shape index (κ2) is 6.13. The Morgan fingerprint density at radius 3 is 2.50 bits per heavy atom. The maximum Gasteiger partial charge on any atom is 0.337 e. The van der Waals surface area contributed by atoms with E-state index in [1.165, 1.54) is 6.07 Å². The van der Waals surface area contributed by atoms with Crippen LogP contribution in [-0.2, 0) is 0 Å². The minimum Gasteiger partial charge on any atom is -0.478 e. The first-order valence-electron chi connectivity index (χ1n) is 6.16. The van der Waals surface area contributed by atoms with Gasteiger partial charge in [-0.2, -0.15) is 0 Å². The number of carboxylic acids is 1. The molecule has 0 aliphatic heterocycles. The Morgan fingerprint density at radius 2 is 2.00 bits per heavy atom. The van der Waals surface area contributed by atoms with Crippen LogP contribution in [0.15, 0.2) is 21.1 Å². The number of amides is 2. The third kappa shape index (κ3) is 3.15. The van der Waals surface area contributed by atoms with Gasteiger partial charge in [0.1, 0.15) is 0 Å². The molecule has 2 rings (SSSR count). The number of halogens is 2. The SMILES string of the molecule is CN(C(=O)Nc1c(Br)cc(Br)cc1C(=O)O)C1CCC1. The monoisotopic (exact) mass is 404 g/mol. The van der Waals surface area contributed by atoms with Crippen molar-refractivity contribution in [3.8, 4) is 0 Å². The number of urea groups is 1. The average molecular weight is 406 g/mol. The summed E-state index contributed by atoms with van der Waals surface area (Å²) in [5.41, 5.74) is 0.318. The van der Waals surface area contributed by atoms with Crippen molar-refractivity contribution in [3.63, 3.8) is 0 Å². The second-order valence-electron chi connectivity index (χ2n) is 4.74. The van der Waals surface area contributed by atoms with Gasteiger partial charge < -0.3 is 15.3 Å². The normalized spacial score (nSPS) is 14.6. The van der Waals surface area contributed by atoms with E-state index in [0.29, 0.717) is 8.95 Å². The molecule has 1 aliphatic carbocycles. The van der Waals surface area contributed by atoms with Crippen molar-refractivity contribution in [3.05, 3.63) is 26.6 Å². The minimum atomic E-state index is -1.09. The Kier molecular flexibility index (Phi) is 4.70. The van der Waals surface area contributed by atoms with E-state index >= 15 is 0 Å². The summed E-state index contributed by atoms with van der Waals surface area (Å²) in [7, 11) is 1.73. The van der Waals surface area contributed by atoms with Gasteiger partial charge in [-0.3, -0.25) is 0 Å². The summed E-state index contributed by atoms with van der Waals surface area (Å²) in [5, 5.41) is 11.9. The first-order chi connectivity index (χ1) is 9.40. The zero-order valence-corrected chi connectivity index (χ0v) is 14.0. The number of hydrogen-bond acceptors (Lipinski definition) is 2. The molecule has 1 aliphatic rings. The van der Waals surface area contributed by atoms with Crippen molar-refractivity contribution >= 4 is 49.5 Å². The van der Waals surface area contributed by atoms with E-state index in [9.17, 15) is 14.7 Å². The van der Waals surface area contributed by atoms with E-state index in [2.05, 4.69) is 37.2 Å². The predicted molar refractivity (Wildman–Crippen MR) is 83.2 cm³/mol. The van der Waals surface area contributed by atoms with E-state index in [1.807, 2.05) is 0 Å². The van der Waals surface area contributed by atoms with E-state index in [1.54, 1.807) is 18.0 Å². The molecule has 7 heteroatoms. The lowest BCUT2D eigenvalue weighted by Crippen LogP contribution is -2.43. The number of rotatable bonds is 3. The zero-order valence-electron chi connectivity index (χ0n) is 10.8. The van der Waals surface area contributed by atoms with Crippen LogP contribution in [0.4, 0.5) is 10.5 Å². The highest BCUT2D eigenvalue weighted by Crippen LogP contribution is 2.32. The minimum absolute atomic E-state index is 0.0432. The van der Waals surface area contributed by atoms with Crippen molar-refractivity contribution in [2.75, 3.05) is 12.4 Å². The summed E-state index contributed by atoms with van der Waals surface area (Å²) < 4.78 is 1.16. The van der Waals surface area contributed by atoms with Crippen molar-refractivity contribution < 1.29 is 14.7 Å². The lowest BCUT2D eigenvalue weighted by Gasteiger charge is -2.34. The Hall–Kier alpha value is -1.08. The van der Waals surface area contributed by atoms with Gasteiger partial charge in [0.05, 0.1) is 11.3 Å². The molecule has 108 valence electrons. The summed E-state index contributed by atoms with van der Waals surface area (Å²) in [4.78, 5) is 25.0. The third-order valence-electron chi connectivity index (χ3n) is 3.46. The molecule has 0 bridgehead atoms. The molecular weight excluding hydrogens is 392 g/mol. The van der Waals surface area contributed by atoms with Crippen LogP contribution in [0.25, 0.3) is 0 Å². The molecule has 0 atom stereocenters. The van der Waals surface area contributed by atoms with Crippen LogP contribution in [0.1, 0.15) is 29.6 Å². The number of aromatic carboxylic acids is 1. The van der Waals surface area contributed by atoms with Gasteiger partial charge in [0.15, 0.2) is 0 Å². The molecule has 0 radical (unpaired) electrons. The summed E-state index contributed by atoms with van der Waals surface area (Å²) in [5.74, 6) is -1.09. The molecular formula is C13H14Br2N2O3. The van der Waals surface area contributed by atoms with Crippen molar-refractivity contribution in [1.29, 1.82) is 0 Å². The second-order valence-corrected chi connectivity index (χ2v) is 6.51. The number of carbonyl (C=O) groups excluding carboxylic acids is 1. The smallest absolute Gasteiger partial charge is 0.337 e. The molecule has 0 spiro atoms. The van der Waals surface area contributed by atoms with Crippen molar-refractivity contribution in [2.24, 2.45) is 0 Å². The van der Waals surface area contributed by atoms with Crippen LogP contribution < -0.4 is 5.32 Å².